The van der Waals surface area contributed by atoms with Crippen LogP contribution in [0, 0.1) is 13.8 Å². The van der Waals surface area contributed by atoms with Crippen molar-refractivity contribution < 1.29 is 0 Å². The van der Waals surface area contributed by atoms with Gasteiger partial charge in [0.25, 0.3) is 0 Å². The van der Waals surface area contributed by atoms with Gasteiger partial charge in [-0.05, 0) is 43.2 Å². The molecule has 0 saturated heterocycles. The Bertz CT molecular complexity index is 455. The highest BCUT2D eigenvalue weighted by Gasteiger charge is 2.12. The normalized spacial score (nSPS) is 14.1. The average Bonchev–Trinajstić information content (AvgIpc) is 2.40. The molecule has 0 aliphatic rings. The second-order valence-electron chi connectivity index (χ2n) is 5.86. The van der Waals surface area contributed by atoms with E-state index < -0.39 is 0 Å². The predicted molar refractivity (Wildman–Crippen MR) is 83.8 cm³/mol. The molecule has 0 spiro atoms. The highest BCUT2D eigenvalue weighted by Crippen LogP contribution is 2.29. The van der Waals surface area contributed by atoms with E-state index in [1.807, 2.05) is 0 Å². The van der Waals surface area contributed by atoms with Gasteiger partial charge in [0, 0.05) is 0 Å². The molecule has 2 unspecified atom stereocenters. The van der Waals surface area contributed by atoms with Crippen molar-refractivity contribution in [2.24, 2.45) is 0 Å². The van der Waals surface area contributed by atoms with Crippen LogP contribution < -0.4 is 0 Å². The third-order valence-electron chi connectivity index (χ3n) is 4.00. The van der Waals surface area contributed by atoms with Gasteiger partial charge in [-0.25, -0.2) is 0 Å². The van der Waals surface area contributed by atoms with Crippen LogP contribution in [0.15, 0.2) is 48.5 Å². The summed E-state index contributed by atoms with van der Waals surface area (Å²) < 4.78 is 0. The average molecular weight is 252 g/mol. The molecule has 0 fully saturated rings. The van der Waals surface area contributed by atoms with E-state index in [-0.39, 0.29) is 0 Å². The quantitative estimate of drug-likeness (QED) is 0.664. The molecule has 0 bridgehead atoms. The van der Waals surface area contributed by atoms with E-state index in [4.69, 9.17) is 0 Å². The molecule has 2 aromatic carbocycles. The number of benzene rings is 2. The van der Waals surface area contributed by atoms with Gasteiger partial charge in [0.2, 0.25) is 0 Å². The van der Waals surface area contributed by atoms with Crippen LogP contribution in [0.2, 0.25) is 0 Å². The maximum atomic E-state index is 2.33. The zero-order valence-electron chi connectivity index (χ0n) is 12.5. The fourth-order valence-electron chi connectivity index (χ4n) is 2.59. The van der Waals surface area contributed by atoms with Crippen LogP contribution in [0.1, 0.15) is 54.4 Å². The topological polar surface area (TPSA) is 0 Å². The first kappa shape index (κ1) is 13.9. The van der Waals surface area contributed by atoms with Gasteiger partial charge < -0.3 is 0 Å². The molecule has 19 heavy (non-hydrogen) atoms. The maximum Gasteiger partial charge on any atom is -0.0185 e. The Hall–Kier alpha value is -1.56. The van der Waals surface area contributed by atoms with Gasteiger partial charge >= 0.3 is 0 Å². The molecule has 0 saturated carbocycles. The largest absolute Gasteiger partial charge is 0.0590 e. The lowest BCUT2D eigenvalue weighted by atomic mass is 9.87. The van der Waals surface area contributed by atoms with Crippen LogP contribution in [0.4, 0.5) is 0 Å². The number of hydrogen-bond acceptors (Lipinski definition) is 0. The van der Waals surface area contributed by atoms with Gasteiger partial charge in [0.05, 0.1) is 0 Å². The molecule has 2 aromatic rings. The molecule has 0 N–H and O–H groups in total. The molecular formula is C19H24. The molecule has 2 rings (SSSR count). The summed E-state index contributed by atoms with van der Waals surface area (Å²) in [4.78, 5) is 0. The third kappa shape index (κ3) is 3.70. The van der Waals surface area contributed by atoms with E-state index in [2.05, 4.69) is 76.2 Å². The Morgan fingerprint density at radius 2 is 0.947 bits per heavy atom. The van der Waals surface area contributed by atoms with E-state index in [0.29, 0.717) is 11.8 Å². The number of aryl methyl sites for hydroxylation is 2. The van der Waals surface area contributed by atoms with Gasteiger partial charge in [0.15, 0.2) is 0 Å². The minimum atomic E-state index is 0.608. The van der Waals surface area contributed by atoms with Crippen molar-refractivity contribution in [3.05, 3.63) is 70.8 Å². The first-order valence-corrected chi connectivity index (χ1v) is 7.19. The Balaban J connectivity index is 2.03. The van der Waals surface area contributed by atoms with E-state index >= 15 is 0 Å². The van der Waals surface area contributed by atoms with Crippen molar-refractivity contribution in [2.75, 3.05) is 0 Å². The van der Waals surface area contributed by atoms with E-state index in [1.165, 1.54) is 28.7 Å². The predicted octanol–water partition coefficient (Wildman–Crippen LogP) is 5.60. The van der Waals surface area contributed by atoms with Crippen molar-refractivity contribution in [3.63, 3.8) is 0 Å². The van der Waals surface area contributed by atoms with Crippen molar-refractivity contribution >= 4 is 0 Å². The standard InChI is InChI=1S/C19H24/c1-14-5-9-18(10-6-14)16(3)13-17(4)19-11-7-15(2)8-12-19/h5-12,16-17H,13H2,1-4H3. The lowest BCUT2D eigenvalue weighted by Gasteiger charge is -2.18. The van der Waals surface area contributed by atoms with Crippen molar-refractivity contribution in [1.82, 2.24) is 0 Å². The molecule has 0 aliphatic heterocycles. The fraction of sp³-hybridized carbons (Fsp3) is 0.368. The molecule has 0 heterocycles. The maximum absolute atomic E-state index is 2.33. The Kier molecular flexibility index (Phi) is 4.42. The molecule has 0 nitrogen and oxygen atoms in total. The van der Waals surface area contributed by atoms with Gasteiger partial charge in [-0.2, -0.15) is 0 Å². The first-order valence-electron chi connectivity index (χ1n) is 7.19. The summed E-state index contributed by atoms with van der Waals surface area (Å²) in [5.74, 6) is 1.22. The molecule has 0 amide bonds. The van der Waals surface area contributed by atoms with E-state index in [1.54, 1.807) is 0 Å². The number of hydrogen-bond donors (Lipinski definition) is 0. The summed E-state index contributed by atoms with van der Waals surface area (Å²) in [6.45, 7) is 8.94. The third-order valence-corrected chi connectivity index (χ3v) is 4.00. The highest BCUT2D eigenvalue weighted by atomic mass is 14.2. The first-order chi connectivity index (χ1) is 9.06. The van der Waals surface area contributed by atoms with Crippen LogP contribution in [0.25, 0.3) is 0 Å². The van der Waals surface area contributed by atoms with Crippen LogP contribution in [-0.2, 0) is 0 Å². The Morgan fingerprint density at radius 1 is 0.632 bits per heavy atom. The molecule has 0 aromatic heterocycles. The zero-order valence-corrected chi connectivity index (χ0v) is 12.5. The van der Waals surface area contributed by atoms with Crippen molar-refractivity contribution in [2.45, 2.75) is 46.0 Å². The molecule has 0 radical (unpaired) electrons. The minimum Gasteiger partial charge on any atom is -0.0590 e. The van der Waals surface area contributed by atoms with Crippen LogP contribution in [-0.4, -0.2) is 0 Å². The van der Waals surface area contributed by atoms with E-state index in [0.717, 1.165) is 0 Å². The van der Waals surface area contributed by atoms with Gasteiger partial charge in [-0.15, -0.1) is 0 Å². The summed E-state index contributed by atoms with van der Waals surface area (Å²) in [6, 6.07) is 17.9. The van der Waals surface area contributed by atoms with Gasteiger partial charge in [-0.3, -0.25) is 0 Å². The fourth-order valence-corrected chi connectivity index (χ4v) is 2.59. The van der Waals surface area contributed by atoms with Crippen LogP contribution >= 0.6 is 0 Å². The lowest BCUT2D eigenvalue weighted by molar-refractivity contribution is 0.593. The summed E-state index contributed by atoms with van der Waals surface area (Å²) >= 11 is 0. The highest BCUT2D eigenvalue weighted by molar-refractivity contribution is 5.27. The second kappa shape index (κ2) is 6.06. The molecule has 100 valence electrons. The van der Waals surface area contributed by atoms with Crippen molar-refractivity contribution in [1.29, 1.82) is 0 Å². The summed E-state index contributed by atoms with van der Waals surface area (Å²) in [5.41, 5.74) is 5.57. The molecule has 0 aliphatic carbocycles. The lowest BCUT2D eigenvalue weighted by Crippen LogP contribution is -2.01. The monoisotopic (exact) mass is 252 g/mol. The second-order valence-corrected chi connectivity index (χ2v) is 5.86. The minimum absolute atomic E-state index is 0.608. The van der Waals surface area contributed by atoms with Crippen molar-refractivity contribution in [3.8, 4) is 0 Å². The summed E-state index contributed by atoms with van der Waals surface area (Å²) in [5, 5.41) is 0. The van der Waals surface area contributed by atoms with Gasteiger partial charge in [0.1, 0.15) is 0 Å². The summed E-state index contributed by atoms with van der Waals surface area (Å²) in [7, 11) is 0. The summed E-state index contributed by atoms with van der Waals surface area (Å²) in [6.07, 6.45) is 1.20. The van der Waals surface area contributed by atoms with Crippen LogP contribution in [0.5, 0.6) is 0 Å². The Labute approximate surface area is 117 Å². The SMILES string of the molecule is Cc1ccc(C(C)CC(C)c2ccc(C)cc2)cc1. The number of rotatable bonds is 4. The molecular weight excluding hydrogens is 228 g/mol. The Morgan fingerprint density at radius 3 is 1.26 bits per heavy atom. The zero-order chi connectivity index (χ0) is 13.8. The van der Waals surface area contributed by atoms with Crippen LogP contribution in [0.3, 0.4) is 0 Å². The van der Waals surface area contributed by atoms with E-state index in [9.17, 15) is 0 Å². The van der Waals surface area contributed by atoms with Gasteiger partial charge in [-0.1, -0.05) is 73.5 Å². The smallest absolute Gasteiger partial charge is 0.0185 e. The molecule has 2 atom stereocenters. The molecule has 0 heteroatoms.